The molecule has 0 unspecified atom stereocenters. The minimum Gasteiger partial charge on any atom is -0.304 e. The fourth-order valence-corrected chi connectivity index (χ4v) is 1.57. The molecule has 0 aliphatic rings. The quantitative estimate of drug-likeness (QED) is 0.868. The van der Waals surface area contributed by atoms with E-state index in [4.69, 9.17) is 11.6 Å². The van der Waals surface area contributed by atoms with Crippen LogP contribution in [0.3, 0.4) is 0 Å². The number of rotatable bonds is 2. The van der Waals surface area contributed by atoms with E-state index >= 15 is 0 Å². The maximum Gasteiger partial charge on any atom is 0.433 e. The number of hydrogen-bond acceptors (Lipinski definition) is 3. The molecule has 2 aromatic rings. The summed E-state index contributed by atoms with van der Waals surface area (Å²) in [6.45, 7) is 0. The van der Waals surface area contributed by atoms with Crippen molar-refractivity contribution in [2.24, 2.45) is 0 Å². The third kappa shape index (κ3) is 3.05. The lowest BCUT2D eigenvalue weighted by Crippen LogP contribution is -2.21. The van der Waals surface area contributed by atoms with Crippen molar-refractivity contribution < 1.29 is 18.0 Å². The minimum absolute atomic E-state index is 0.0666. The molecule has 0 bridgehead atoms. The van der Waals surface area contributed by atoms with E-state index in [1.807, 2.05) is 4.98 Å². The highest BCUT2D eigenvalue weighted by Gasteiger charge is 2.34. The van der Waals surface area contributed by atoms with Gasteiger partial charge in [-0.1, -0.05) is 11.6 Å². The van der Waals surface area contributed by atoms with Gasteiger partial charge in [-0.2, -0.15) is 13.2 Å². The van der Waals surface area contributed by atoms with Crippen molar-refractivity contribution in [3.63, 3.8) is 0 Å². The maximum absolute atomic E-state index is 12.5. The predicted molar refractivity (Wildman–Crippen MR) is 64.7 cm³/mol. The molecule has 1 aromatic heterocycles. The van der Waals surface area contributed by atoms with Crippen LogP contribution in [0, 0.1) is 0 Å². The zero-order chi connectivity index (χ0) is 14.9. The van der Waals surface area contributed by atoms with E-state index in [0.717, 1.165) is 0 Å². The van der Waals surface area contributed by atoms with E-state index in [0.29, 0.717) is 11.1 Å². The Bertz CT molecular complexity index is 708. The summed E-state index contributed by atoms with van der Waals surface area (Å²) in [7, 11) is 0. The largest absolute Gasteiger partial charge is 0.433 e. The zero-order valence-electron chi connectivity index (χ0n) is 9.66. The normalized spacial score (nSPS) is 11.4. The summed E-state index contributed by atoms with van der Waals surface area (Å²) in [4.78, 5) is 28.2. The van der Waals surface area contributed by atoms with E-state index in [1.54, 1.807) is 0 Å². The Morgan fingerprint density at radius 3 is 2.35 bits per heavy atom. The number of alkyl halides is 3. The first-order valence-electron chi connectivity index (χ1n) is 5.26. The summed E-state index contributed by atoms with van der Waals surface area (Å²) >= 11 is 5.64. The lowest BCUT2D eigenvalue weighted by atomic mass is 10.1. The lowest BCUT2D eigenvalue weighted by molar-refractivity contribution is -0.141. The molecule has 0 fully saturated rings. The molecule has 0 saturated heterocycles. The van der Waals surface area contributed by atoms with Gasteiger partial charge in [0, 0.05) is 16.7 Å². The summed E-state index contributed by atoms with van der Waals surface area (Å²) in [5, 5.41) is 0.368. The predicted octanol–water partition coefficient (Wildman–Crippen LogP) is 2.67. The topological polar surface area (TPSA) is 62.8 Å². The van der Waals surface area contributed by atoms with Crippen LogP contribution in [0.15, 0.2) is 35.1 Å². The number of H-pyrrole nitrogens is 1. The molecule has 2 rings (SSSR count). The van der Waals surface area contributed by atoms with E-state index < -0.39 is 29.0 Å². The lowest BCUT2D eigenvalue weighted by Gasteiger charge is -2.06. The van der Waals surface area contributed by atoms with Crippen LogP contribution in [0.4, 0.5) is 13.2 Å². The van der Waals surface area contributed by atoms with Crippen LogP contribution in [0.2, 0.25) is 5.02 Å². The third-order valence-electron chi connectivity index (χ3n) is 2.35. The highest BCUT2D eigenvalue weighted by atomic mass is 35.5. The van der Waals surface area contributed by atoms with Crippen LogP contribution >= 0.6 is 11.6 Å². The van der Waals surface area contributed by atoms with Crippen molar-refractivity contribution in [1.82, 2.24) is 9.97 Å². The molecule has 20 heavy (non-hydrogen) atoms. The van der Waals surface area contributed by atoms with E-state index in [9.17, 15) is 22.8 Å². The standard InChI is InChI=1S/C12H6ClF3N2O2/c13-7-3-1-6(2-4-7)10(20)11-17-8(12(14,15)16)5-9(19)18-11/h1-5H,(H,17,18,19). The number of carbonyl (C=O) groups excluding carboxylic acids is 1. The number of aromatic nitrogens is 2. The molecule has 4 nitrogen and oxygen atoms in total. The molecule has 0 spiro atoms. The second-order valence-electron chi connectivity index (χ2n) is 3.81. The van der Waals surface area contributed by atoms with Gasteiger partial charge in [0.2, 0.25) is 5.78 Å². The van der Waals surface area contributed by atoms with Crippen molar-refractivity contribution in [1.29, 1.82) is 0 Å². The average molecular weight is 303 g/mol. The molecule has 1 N–H and O–H groups in total. The molecule has 0 radical (unpaired) electrons. The molecule has 104 valence electrons. The van der Waals surface area contributed by atoms with Gasteiger partial charge in [0.25, 0.3) is 5.56 Å². The van der Waals surface area contributed by atoms with Crippen molar-refractivity contribution in [3.8, 4) is 0 Å². The van der Waals surface area contributed by atoms with E-state index in [2.05, 4.69) is 4.98 Å². The van der Waals surface area contributed by atoms with Gasteiger partial charge < -0.3 is 4.98 Å². The van der Waals surface area contributed by atoms with Crippen molar-refractivity contribution in [2.75, 3.05) is 0 Å². The van der Waals surface area contributed by atoms with Gasteiger partial charge in [-0.25, -0.2) is 4.98 Å². The fraction of sp³-hybridized carbons (Fsp3) is 0.0833. The number of hydrogen-bond donors (Lipinski definition) is 1. The van der Waals surface area contributed by atoms with Gasteiger partial charge in [0.1, 0.15) is 0 Å². The minimum atomic E-state index is -4.80. The van der Waals surface area contributed by atoms with Crippen LogP contribution in [-0.2, 0) is 6.18 Å². The molecule has 8 heteroatoms. The van der Waals surface area contributed by atoms with Crippen LogP contribution < -0.4 is 5.56 Å². The number of carbonyl (C=O) groups is 1. The number of halogens is 4. The van der Waals surface area contributed by atoms with Gasteiger partial charge in [0.15, 0.2) is 11.5 Å². The Morgan fingerprint density at radius 2 is 1.80 bits per heavy atom. The highest BCUT2D eigenvalue weighted by Crippen LogP contribution is 2.26. The summed E-state index contributed by atoms with van der Waals surface area (Å²) < 4.78 is 37.6. The molecule has 1 heterocycles. The number of nitrogens with zero attached hydrogens (tertiary/aromatic N) is 1. The summed E-state index contributed by atoms with van der Waals surface area (Å²) in [5.74, 6) is -1.50. The average Bonchev–Trinajstić information content (AvgIpc) is 2.37. The Labute approximate surface area is 115 Å². The maximum atomic E-state index is 12.5. The molecule has 0 amide bonds. The first kappa shape index (κ1) is 14.3. The van der Waals surface area contributed by atoms with Crippen molar-refractivity contribution >= 4 is 17.4 Å². The summed E-state index contributed by atoms with van der Waals surface area (Å²) in [5.41, 5.74) is -2.40. The molecule has 1 aromatic carbocycles. The van der Waals surface area contributed by atoms with Gasteiger partial charge >= 0.3 is 6.18 Å². The molecular weight excluding hydrogens is 297 g/mol. The fourth-order valence-electron chi connectivity index (χ4n) is 1.45. The van der Waals surface area contributed by atoms with Crippen molar-refractivity contribution in [3.05, 3.63) is 62.8 Å². The van der Waals surface area contributed by atoms with Gasteiger partial charge in [-0.15, -0.1) is 0 Å². The molecule has 0 atom stereocenters. The molecule has 0 aliphatic carbocycles. The van der Waals surface area contributed by atoms with Crippen LogP contribution in [-0.4, -0.2) is 15.8 Å². The van der Waals surface area contributed by atoms with Crippen LogP contribution in [0.1, 0.15) is 21.9 Å². The van der Waals surface area contributed by atoms with E-state index in [1.165, 1.54) is 24.3 Å². The van der Waals surface area contributed by atoms with E-state index in [-0.39, 0.29) is 5.56 Å². The SMILES string of the molecule is O=C(c1ccc(Cl)cc1)c1nc(C(F)(F)F)cc(=O)[nH]1. The Morgan fingerprint density at radius 1 is 1.20 bits per heavy atom. The third-order valence-corrected chi connectivity index (χ3v) is 2.61. The summed E-state index contributed by atoms with van der Waals surface area (Å²) in [6, 6.07) is 5.75. The number of nitrogens with one attached hydrogen (secondary N) is 1. The van der Waals surface area contributed by atoms with Crippen LogP contribution in [0.5, 0.6) is 0 Å². The Balaban J connectivity index is 2.47. The zero-order valence-corrected chi connectivity index (χ0v) is 10.4. The van der Waals surface area contributed by atoms with Gasteiger partial charge in [-0.05, 0) is 24.3 Å². The second-order valence-corrected chi connectivity index (χ2v) is 4.25. The Hall–Kier alpha value is -2.15. The summed E-state index contributed by atoms with van der Waals surface area (Å²) in [6.07, 6.45) is -4.80. The first-order valence-corrected chi connectivity index (χ1v) is 5.64. The van der Waals surface area contributed by atoms with Crippen molar-refractivity contribution in [2.45, 2.75) is 6.18 Å². The number of ketones is 1. The number of benzene rings is 1. The first-order chi connectivity index (χ1) is 9.27. The number of aromatic amines is 1. The van der Waals surface area contributed by atoms with Gasteiger partial charge in [-0.3, -0.25) is 9.59 Å². The monoisotopic (exact) mass is 302 g/mol. The Kier molecular flexibility index (Phi) is 3.63. The molecule has 0 aliphatic heterocycles. The highest BCUT2D eigenvalue weighted by molar-refractivity contribution is 6.30. The van der Waals surface area contributed by atoms with Crippen LogP contribution in [0.25, 0.3) is 0 Å². The molecule has 0 saturated carbocycles. The molecular formula is C12H6ClF3N2O2. The second kappa shape index (κ2) is 5.09. The van der Waals surface area contributed by atoms with Gasteiger partial charge in [0.05, 0.1) is 0 Å². The smallest absolute Gasteiger partial charge is 0.304 e.